The second-order valence-electron chi connectivity index (χ2n) is 6.83. The van der Waals surface area contributed by atoms with Gasteiger partial charge in [0.25, 0.3) is 0 Å². The Morgan fingerprint density at radius 2 is 1.89 bits per heavy atom. The second kappa shape index (κ2) is 6.87. The molecular formula is C22H18FN5. The fraction of sp³-hybridized carbons (Fsp3) is 0.136. The standard InChI is InChI=1S/C22H18FN5/c1-13-9-18(14(2)25)20-11-19(15-3-5-16(23)6-4-15)22(26-21(20)10-13)28-8-7-17(12-24)27-28/h3-11,14H,25H2,1-2H3. The number of nitriles is 1. The molecular weight excluding hydrogens is 353 g/mol. The van der Waals surface area contributed by atoms with Crippen molar-refractivity contribution in [2.45, 2.75) is 19.9 Å². The molecule has 0 aliphatic heterocycles. The molecule has 0 fully saturated rings. The van der Waals surface area contributed by atoms with Crippen LogP contribution in [0.1, 0.15) is 29.8 Å². The Balaban J connectivity index is 2.06. The highest BCUT2D eigenvalue weighted by Crippen LogP contribution is 2.32. The Hall–Kier alpha value is -3.56. The first-order valence-electron chi connectivity index (χ1n) is 8.89. The molecule has 2 aromatic heterocycles. The van der Waals surface area contributed by atoms with Crippen molar-refractivity contribution in [2.75, 3.05) is 0 Å². The molecule has 0 bridgehead atoms. The van der Waals surface area contributed by atoms with E-state index in [1.807, 2.05) is 32.0 Å². The topological polar surface area (TPSA) is 80.5 Å². The molecule has 6 heteroatoms. The maximum Gasteiger partial charge on any atom is 0.162 e. The minimum atomic E-state index is -0.309. The summed E-state index contributed by atoms with van der Waals surface area (Å²) >= 11 is 0. The monoisotopic (exact) mass is 371 g/mol. The minimum Gasteiger partial charge on any atom is -0.324 e. The molecule has 2 N–H and O–H groups in total. The Labute approximate surface area is 161 Å². The van der Waals surface area contributed by atoms with Gasteiger partial charge in [0.05, 0.1) is 5.52 Å². The third kappa shape index (κ3) is 3.13. The highest BCUT2D eigenvalue weighted by molar-refractivity contribution is 5.90. The van der Waals surface area contributed by atoms with Gasteiger partial charge in [0, 0.05) is 23.2 Å². The lowest BCUT2D eigenvalue weighted by Crippen LogP contribution is -2.08. The van der Waals surface area contributed by atoms with Gasteiger partial charge >= 0.3 is 0 Å². The smallest absolute Gasteiger partial charge is 0.162 e. The molecule has 138 valence electrons. The number of nitrogens with zero attached hydrogens (tertiary/aromatic N) is 4. The van der Waals surface area contributed by atoms with Crippen molar-refractivity contribution in [1.29, 1.82) is 5.26 Å². The first-order chi connectivity index (χ1) is 13.5. The quantitative estimate of drug-likeness (QED) is 0.578. The van der Waals surface area contributed by atoms with Gasteiger partial charge in [0.15, 0.2) is 11.5 Å². The van der Waals surface area contributed by atoms with Crippen LogP contribution in [0.25, 0.3) is 27.8 Å². The highest BCUT2D eigenvalue weighted by atomic mass is 19.1. The third-order valence-electron chi connectivity index (χ3n) is 4.66. The summed E-state index contributed by atoms with van der Waals surface area (Å²) in [6, 6.07) is 15.8. The molecule has 1 unspecified atom stereocenters. The van der Waals surface area contributed by atoms with E-state index in [0.29, 0.717) is 11.5 Å². The van der Waals surface area contributed by atoms with E-state index in [-0.39, 0.29) is 11.9 Å². The maximum atomic E-state index is 13.5. The van der Waals surface area contributed by atoms with Crippen molar-refractivity contribution in [3.63, 3.8) is 0 Å². The molecule has 2 aromatic carbocycles. The van der Waals surface area contributed by atoms with Crippen LogP contribution in [0.2, 0.25) is 0 Å². The van der Waals surface area contributed by atoms with Gasteiger partial charge in [-0.25, -0.2) is 14.1 Å². The van der Waals surface area contributed by atoms with E-state index in [1.54, 1.807) is 29.1 Å². The summed E-state index contributed by atoms with van der Waals surface area (Å²) in [5.74, 6) is 0.263. The fourth-order valence-corrected chi connectivity index (χ4v) is 3.33. The molecule has 5 nitrogen and oxygen atoms in total. The largest absolute Gasteiger partial charge is 0.324 e. The molecule has 0 saturated heterocycles. The highest BCUT2D eigenvalue weighted by Gasteiger charge is 2.16. The molecule has 0 radical (unpaired) electrons. The van der Waals surface area contributed by atoms with Crippen LogP contribution in [0.4, 0.5) is 4.39 Å². The number of nitrogens with two attached hydrogens (primary N) is 1. The predicted octanol–water partition coefficient (Wildman–Crippen LogP) is 4.43. The Morgan fingerprint density at radius 1 is 1.14 bits per heavy atom. The van der Waals surface area contributed by atoms with Crippen molar-refractivity contribution in [3.8, 4) is 23.0 Å². The van der Waals surface area contributed by atoms with Gasteiger partial charge in [-0.05, 0) is 60.9 Å². The summed E-state index contributed by atoms with van der Waals surface area (Å²) in [6.07, 6.45) is 1.70. The number of pyridine rings is 1. The minimum absolute atomic E-state index is 0.161. The van der Waals surface area contributed by atoms with E-state index in [0.717, 1.165) is 33.2 Å². The Kier molecular flexibility index (Phi) is 4.38. The van der Waals surface area contributed by atoms with E-state index >= 15 is 0 Å². The van der Waals surface area contributed by atoms with Crippen molar-refractivity contribution < 1.29 is 4.39 Å². The van der Waals surface area contributed by atoms with Crippen molar-refractivity contribution in [3.05, 3.63) is 77.4 Å². The van der Waals surface area contributed by atoms with Gasteiger partial charge in [-0.3, -0.25) is 0 Å². The van der Waals surface area contributed by atoms with Crippen molar-refractivity contribution in [1.82, 2.24) is 14.8 Å². The summed E-state index contributed by atoms with van der Waals surface area (Å²) in [5.41, 5.74) is 10.9. The Morgan fingerprint density at radius 3 is 2.54 bits per heavy atom. The molecule has 0 spiro atoms. The zero-order chi connectivity index (χ0) is 19.8. The molecule has 28 heavy (non-hydrogen) atoms. The average Bonchev–Trinajstić information content (AvgIpc) is 3.16. The van der Waals surface area contributed by atoms with Gasteiger partial charge in [-0.2, -0.15) is 10.4 Å². The van der Waals surface area contributed by atoms with Crippen LogP contribution in [0.3, 0.4) is 0 Å². The summed E-state index contributed by atoms with van der Waals surface area (Å²) in [4.78, 5) is 4.84. The van der Waals surface area contributed by atoms with E-state index < -0.39 is 0 Å². The predicted molar refractivity (Wildman–Crippen MR) is 106 cm³/mol. The number of hydrogen-bond donors (Lipinski definition) is 1. The molecule has 0 amide bonds. The maximum absolute atomic E-state index is 13.5. The first kappa shape index (κ1) is 17.8. The van der Waals surface area contributed by atoms with Crippen molar-refractivity contribution in [2.24, 2.45) is 5.73 Å². The zero-order valence-corrected chi connectivity index (χ0v) is 15.5. The third-order valence-corrected chi connectivity index (χ3v) is 4.66. The van der Waals surface area contributed by atoms with Gasteiger partial charge in [-0.1, -0.05) is 18.2 Å². The summed E-state index contributed by atoms with van der Waals surface area (Å²) in [6.45, 7) is 3.94. The van der Waals surface area contributed by atoms with Crippen molar-refractivity contribution >= 4 is 10.9 Å². The van der Waals surface area contributed by atoms with Gasteiger partial charge < -0.3 is 5.73 Å². The zero-order valence-electron chi connectivity index (χ0n) is 15.5. The van der Waals surface area contributed by atoms with Gasteiger partial charge in [-0.15, -0.1) is 0 Å². The molecule has 0 aliphatic carbocycles. The van der Waals surface area contributed by atoms with E-state index in [4.69, 9.17) is 16.0 Å². The number of aromatic nitrogens is 3. The van der Waals surface area contributed by atoms with E-state index in [1.165, 1.54) is 12.1 Å². The van der Waals surface area contributed by atoms with Gasteiger partial charge in [0.2, 0.25) is 0 Å². The molecule has 1 atom stereocenters. The lowest BCUT2D eigenvalue weighted by molar-refractivity contribution is 0.628. The van der Waals surface area contributed by atoms with Crippen LogP contribution in [0.15, 0.2) is 54.7 Å². The molecule has 4 aromatic rings. The number of hydrogen-bond acceptors (Lipinski definition) is 4. The lowest BCUT2D eigenvalue weighted by atomic mass is 9.96. The second-order valence-corrected chi connectivity index (χ2v) is 6.83. The summed E-state index contributed by atoms with van der Waals surface area (Å²) < 4.78 is 15.0. The lowest BCUT2D eigenvalue weighted by Gasteiger charge is -2.16. The number of rotatable bonds is 3. The van der Waals surface area contributed by atoms with Crippen LogP contribution in [0.5, 0.6) is 0 Å². The van der Waals surface area contributed by atoms with Gasteiger partial charge in [0.1, 0.15) is 11.9 Å². The fourth-order valence-electron chi connectivity index (χ4n) is 3.33. The first-order valence-corrected chi connectivity index (χ1v) is 8.89. The van der Waals surface area contributed by atoms with Crippen LogP contribution in [-0.2, 0) is 0 Å². The van der Waals surface area contributed by atoms with E-state index in [9.17, 15) is 4.39 Å². The Bertz CT molecular complexity index is 1220. The van der Waals surface area contributed by atoms with E-state index in [2.05, 4.69) is 11.2 Å². The van der Waals surface area contributed by atoms with Crippen LogP contribution < -0.4 is 5.73 Å². The normalized spacial score (nSPS) is 12.1. The summed E-state index contributed by atoms with van der Waals surface area (Å²) in [7, 11) is 0. The SMILES string of the molecule is Cc1cc(C(C)N)c2cc(-c3ccc(F)cc3)c(-n3ccc(C#N)n3)nc2c1. The molecule has 2 heterocycles. The van der Waals surface area contributed by atoms with Crippen LogP contribution in [0, 0.1) is 24.1 Å². The van der Waals surface area contributed by atoms with Crippen LogP contribution in [-0.4, -0.2) is 14.8 Å². The number of aryl methyl sites for hydroxylation is 1. The number of fused-ring (bicyclic) bond motifs is 1. The molecule has 0 aliphatic rings. The summed E-state index contributed by atoms with van der Waals surface area (Å²) in [5, 5.41) is 14.3. The number of benzene rings is 2. The average molecular weight is 371 g/mol. The number of halogens is 1. The molecule has 0 saturated carbocycles. The van der Waals surface area contributed by atoms with Crippen LogP contribution >= 0.6 is 0 Å². The molecule has 4 rings (SSSR count).